The van der Waals surface area contributed by atoms with Gasteiger partial charge in [0, 0.05) is 4.88 Å². The van der Waals surface area contributed by atoms with Gasteiger partial charge >= 0.3 is 0 Å². The molecular weight excluding hydrogens is 238 g/mol. The molecule has 0 N–H and O–H groups in total. The summed E-state index contributed by atoms with van der Waals surface area (Å²) in [5, 5.41) is 0.546. The molecule has 1 aromatic carbocycles. The Balaban J connectivity index is 2.19. The Bertz CT molecular complexity index is 631. The fourth-order valence-electron chi connectivity index (χ4n) is 1.64. The van der Waals surface area contributed by atoms with Crippen molar-refractivity contribution in [3.8, 4) is 10.4 Å². The monoisotopic (exact) mass is 245 g/mol. The van der Waals surface area contributed by atoms with E-state index in [9.17, 15) is 0 Å². The van der Waals surface area contributed by atoms with Crippen molar-refractivity contribution < 1.29 is 0 Å². The van der Waals surface area contributed by atoms with Crippen molar-refractivity contribution in [1.82, 2.24) is 4.98 Å². The maximum atomic E-state index is 5.87. The Morgan fingerprint density at radius 2 is 1.81 bits per heavy atom. The zero-order chi connectivity index (χ0) is 11.0. The molecule has 0 fully saturated rings. The Kier molecular flexibility index (Phi) is 2.39. The van der Waals surface area contributed by atoms with E-state index in [1.165, 1.54) is 15.1 Å². The molecule has 0 amide bonds. The van der Waals surface area contributed by atoms with Gasteiger partial charge in [0.05, 0.1) is 10.2 Å². The van der Waals surface area contributed by atoms with Crippen LogP contribution in [-0.4, -0.2) is 4.98 Å². The lowest BCUT2D eigenvalue weighted by atomic mass is 10.2. The van der Waals surface area contributed by atoms with Crippen molar-refractivity contribution in [1.29, 1.82) is 0 Å². The number of thiophene rings is 1. The summed E-state index contributed by atoms with van der Waals surface area (Å²) in [4.78, 5) is 5.52. The Morgan fingerprint density at radius 3 is 2.62 bits per heavy atom. The minimum absolute atomic E-state index is 0.546. The van der Waals surface area contributed by atoms with Gasteiger partial charge in [-0.3, -0.25) is 0 Å². The molecule has 0 atom stereocenters. The van der Waals surface area contributed by atoms with Crippen LogP contribution in [0.15, 0.2) is 48.5 Å². The number of hydrogen-bond acceptors (Lipinski definition) is 2. The summed E-state index contributed by atoms with van der Waals surface area (Å²) in [5.41, 5.74) is 2.19. The fraction of sp³-hybridized carbons (Fsp3) is 0. The summed E-state index contributed by atoms with van der Waals surface area (Å²) < 4.78 is 1.17. The second-order valence-electron chi connectivity index (χ2n) is 3.49. The van der Waals surface area contributed by atoms with Crippen molar-refractivity contribution in [3.63, 3.8) is 0 Å². The predicted octanol–water partition coefficient (Wildman–Crippen LogP) is 4.62. The van der Waals surface area contributed by atoms with Gasteiger partial charge in [0.15, 0.2) is 0 Å². The lowest BCUT2D eigenvalue weighted by Gasteiger charge is -1.93. The first kappa shape index (κ1) is 9.82. The summed E-state index contributed by atoms with van der Waals surface area (Å²) in [6.45, 7) is 0. The molecule has 0 radical (unpaired) electrons. The van der Waals surface area contributed by atoms with E-state index in [1.54, 1.807) is 11.3 Å². The van der Waals surface area contributed by atoms with E-state index in [0.717, 1.165) is 5.52 Å². The molecule has 2 heterocycles. The van der Waals surface area contributed by atoms with Gasteiger partial charge in [-0.2, -0.15) is 0 Å². The van der Waals surface area contributed by atoms with Gasteiger partial charge in [0.2, 0.25) is 0 Å². The van der Waals surface area contributed by atoms with Crippen molar-refractivity contribution in [2.45, 2.75) is 0 Å². The van der Waals surface area contributed by atoms with E-state index in [1.807, 2.05) is 30.3 Å². The Labute approximate surface area is 102 Å². The number of fused-ring (bicyclic) bond motifs is 1. The summed E-state index contributed by atoms with van der Waals surface area (Å²) in [5.74, 6) is 0. The fourth-order valence-corrected chi connectivity index (χ4v) is 2.80. The summed E-state index contributed by atoms with van der Waals surface area (Å²) in [7, 11) is 0. The minimum Gasteiger partial charge on any atom is -0.235 e. The van der Waals surface area contributed by atoms with Crippen molar-refractivity contribution >= 4 is 33.2 Å². The first-order valence-electron chi connectivity index (χ1n) is 4.94. The molecule has 3 aromatic rings. The smallest absolute Gasteiger partial charge is 0.129 e. The van der Waals surface area contributed by atoms with Crippen LogP contribution in [0, 0.1) is 0 Å². The van der Waals surface area contributed by atoms with E-state index < -0.39 is 0 Å². The van der Waals surface area contributed by atoms with Gasteiger partial charge in [-0.1, -0.05) is 41.9 Å². The van der Waals surface area contributed by atoms with Gasteiger partial charge < -0.3 is 0 Å². The number of halogens is 1. The maximum absolute atomic E-state index is 5.87. The first-order valence-corrected chi connectivity index (χ1v) is 6.14. The predicted molar refractivity (Wildman–Crippen MR) is 70.1 cm³/mol. The zero-order valence-corrected chi connectivity index (χ0v) is 9.92. The highest BCUT2D eigenvalue weighted by Crippen LogP contribution is 2.32. The standard InChI is InChI=1S/C13H8ClNS/c14-13-7-6-11-10(15-13)8-12(16-11)9-4-2-1-3-5-9/h1-8H. The molecule has 3 rings (SSSR count). The van der Waals surface area contributed by atoms with E-state index >= 15 is 0 Å². The van der Waals surface area contributed by atoms with Crippen LogP contribution in [0.1, 0.15) is 0 Å². The molecular formula is C13H8ClNS. The van der Waals surface area contributed by atoms with Crippen LogP contribution in [0.5, 0.6) is 0 Å². The van der Waals surface area contributed by atoms with Crippen molar-refractivity contribution in [2.24, 2.45) is 0 Å². The van der Waals surface area contributed by atoms with Crippen LogP contribution >= 0.6 is 22.9 Å². The quantitative estimate of drug-likeness (QED) is 0.570. The number of hydrogen-bond donors (Lipinski definition) is 0. The van der Waals surface area contributed by atoms with Crippen molar-refractivity contribution in [3.05, 3.63) is 53.7 Å². The molecule has 2 aromatic heterocycles. The molecule has 0 spiro atoms. The summed E-state index contributed by atoms with van der Waals surface area (Å²) >= 11 is 7.61. The van der Waals surface area contributed by atoms with Crippen LogP contribution in [-0.2, 0) is 0 Å². The Hall–Kier alpha value is -1.38. The van der Waals surface area contributed by atoms with Crippen LogP contribution in [0.2, 0.25) is 5.15 Å². The molecule has 78 valence electrons. The first-order chi connectivity index (χ1) is 7.83. The van der Waals surface area contributed by atoms with Crippen LogP contribution in [0.3, 0.4) is 0 Å². The van der Waals surface area contributed by atoms with Crippen LogP contribution in [0.4, 0.5) is 0 Å². The lowest BCUT2D eigenvalue weighted by Crippen LogP contribution is -1.72. The number of nitrogens with zero attached hydrogens (tertiary/aromatic N) is 1. The van der Waals surface area contributed by atoms with Gasteiger partial charge in [0.1, 0.15) is 5.15 Å². The Morgan fingerprint density at radius 1 is 1.00 bits per heavy atom. The summed E-state index contributed by atoms with van der Waals surface area (Å²) in [6, 6.07) is 16.2. The highest BCUT2D eigenvalue weighted by Gasteiger charge is 2.04. The zero-order valence-electron chi connectivity index (χ0n) is 8.35. The SMILES string of the molecule is Clc1ccc2sc(-c3ccccc3)cc2n1. The van der Waals surface area contributed by atoms with Crippen molar-refractivity contribution in [2.75, 3.05) is 0 Å². The molecule has 0 aliphatic heterocycles. The highest BCUT2D eigenvalue weighted by molar-refractivity contribution is 7.22. The van der Waals surface area contributed by atoms with E-state index in [0.29, 0.717) is 5.15 Å². The topological polar surface area (TPSA) is 12.9 Å². The van der Waals surface area contributed by atoms with Gasteiger partial charge in [-0.15, -0.1) is 11.3 Å². The average molecular weight is 246 g/mol. The molecule has 16 heavy (non-hydrogen) atoms. The second-order valence-corrected chi connectivity index (χ2v) is 4.97. The second kappa shape index (κ2) is 3.89. The third-order valence-electron chi connectivity index (χ3n) is 2.40. The van der Waals surface area contributed by atoms with Gasteiger partial charge in [0.25, 0.3) is 0 Å². The lowest BCUT2D eigenvalue weighted by molar-refractivity contribution is 1.43. The molecule has 0 bridgehead atoms. The number of aromatic nitrogens is 1. The van der Waals surface area contributed by atoms with E-state index in [-0.39, 0.29) is 0 Å². The summed E-state index contributed by atoms with van der Waals surface area (Å²) in [6.07, 6.45) is 0. The molecule has 3 heteroatoms. The number of benzene rings is 1. The third-order valence-corrected chi connectivity index (χ3v) is 3.75. The molecule has 0 unspecified atom stereocenters. The van der Waals surface area contributed by atoms with Crippen LogP contribution < -0.4 is 0 Å². The maximum Gasteiger partial charge on any atom is 0.129 e. The normalized spacial score (nSPS) is 10.8. The van der Waals surface area contributed by atoms with Crippen LogP contribution in [0.25, 0.3) is 20.7 Å². The van der Waals surface area contributed by atoms with E-state index in [2.05, 4.69) is 23.2 Å². The largest absolute Gasteiger partial charge is 0.235 e. The van der Waals surface area contributed by atoms with Gasteiger partial charge in [-0.05, 0) is 23.8 Å². The minimum atomic E-state index is 0.546. The molecule has 1 nitrogen and oxygen atoms in total. The molecule has 0 saturated heterocycles. The number of pyridine rings is 1. The molecule has 0 aliphatic rings. The third kappa shape index (κ3) is 1.70. The average Bonchev–Trinajstić information content (AvgIpc) is 2.73. The molecule has 0 saturated carbocycles. The highest BCUT2D eigenvalue weighted by atomic mass is 35.5. The van der Waals surface area contributed by atoms with E-state index in [4.69, 9.17) is 11.6 Å². The van der Waals surface area contributed by atoms with Gasteiger partial charge in [-0.25, -0.2) is 4.98 Å². The molecule has 0 aliphatic carbocycles. The number of rotatable bonds is 1.